The first-order valence-electron chi connectivity index (χ1n) is 12.9. The van der Waals surface area contributed by atoms with Crippen molar-refractivity contribution < 1.29 is 14.3 Å². The van der Waals surface area contributed by atoms with Gasteiger partial charge in [-0.05, 0) is 37.0 Å². The summed E-state index contributed by atoms with van der Waals surface area (Å²) in [7, 11) is 0. The summed E-state index contributed by atoms with van der Waals surface area (Å²) in [6.07, 6.45) is 6.05. The number of carboxylic acids is 1. The summed E-state index contributed by atoms with van der Waals surface area (Å²) in [5.74, 6) is 1.20. The quantitative estimate of drug-likeness (QED) is 0.194. The van der Waals surface area contributed by atoms with E-state index in [-0.39, 0.29) is 5.82 Å². The second kappa shape index (κ2) is 13.6. The SMILES string of the molecule is N[C@@H](CCCCNc1nc(NCCc2ncc[nH]2)nc(N2CCN(Cc3ccc(F)cc3)CC2)n1)C(=O)O. The first kappa shape index (κ1) is 27.2. The number of carboxylic acid groups (broad SMARTS) is 1. The van der Waals surface area contributed by atoms with Crippen molar-refractivity contribution in [1.29, 1.82) is 0 Å². The van der Waals surface area contributed by atoms with Gasteiger partial charge < -0.3 is 31.4 Å². The number of aliphatic carboxylic acids is 1. The molecule has 0 unspecified atom stereocenters. The molecule has 1 atom stereocenters. The second-order valence-electron chi connectivity index (χ2n) is 9.25. The van der Waals surface area contributed by atoms with Crippen molar-refractivity contribution >= 4 is 23.8 Å². The standard InChI is InChI=1S/C25H35FN10O2/c26-19-6-4-18(5-7-19)17-35-13-15-36(16-14-35)25-33-23(30-9-2-1-3-20(27)22(37)38)32-24(34-25)31-10-8-21-28-11-12-29-21/h4-7,11-12,20H,1-3,8-10,13-17,27H2,(H,28,29)(H,37,38)(H2,30,31,32,33,34)/t20-/m0/s1. The minimum absolute atomic E-state index is 0.227. The summed E-state index contributed by atoms with van der Waals surface area (Å²) < 4.78 is 13.2. The number of H-pyrrole nitrogens is 1. The summed E-state index contributed by atoms with van der Waals surface area (Å²) in [4.78, 5) is 36.5. The van der Waals surface area contributed by atoms with Crippen molar-refractivity contribution in [3.8, 4) is 0 Å². The summed E-state index contributed by atoms with van der Waals surface area (Å²) in [5, 5.41) is 15.4. The summed E-state index contributed by atoms with van der Waals surface area (Å²) in [6.45, 7) is 5.13. The Morgan fingerprint density at radius 2 is 1.76 bits per heavy atom. The van der Waals surface area contributed by atoms with Gasteiger partial charge in [-0.3, -0.25) is 9.69 Å². The lowest BCUT2D eigenvalue weighted by atomic mass is 10.1. The number of unbranched alkanes of at least 4 members (excludes halogenated alkanes) is 1. The molecule has 0 spiro atoms. The van der Waals surface area contributed by atoms with Crippen molar-refractivity contribution in [3.63, 3.8) is 0 Å². The van der Waals surface area contributed by atoms with Gasteiger partial charge in [0, 0.05) is 64.6 Å². The van der Waals surface area contributed by atoms with E-state index in [2.05, 4.69) is 45.4 Å². The molecule has 38 heavy (non-hydrogen) atoms. The summed E-state index contributed by atoms with van der Waals surface area (Å²) >= 11 is 0. The van der Waals surface area contributed by atoms with Crippen LogP contribution in [-0.2, 0) is 17.8 Å². The van der Waals surface area contributed by atoms with Crippen LogP contribution in [0.1, 0.15) is 30.7 Å². The molecule has 1 aliphatic heterocycles. The first-order valence-corrected chi connectivity index (χ1v) is 12.9. The van der Waals surface area contributed by atoms with Crippen molar-refractivity contribution in [1.82, 2.24) is 29.8 Å². The van der Waals surface area contributed by atoms with Crippen LogP contribution in [0.2, 0.25) is 0 Å². The number of hydrogen-bond acceptors (Lipinski definition) is 10. The number of carbonyl (C=O) groups is 1. The number of anilines is 3. The molecule has 6 N–H and O–H groups in total. The molecule has 13 heteroatoms. The average molecular weight is 527 g/mol. The molecule has 0 saturated carbocycles. The largest absolute Gasteiger partial charge is 0.480 e. The maximum absolute atomic E-state index is 13.2. The first-order chi connectivity index (χ1) is 18.5. The lowest BCUT2D eigenvalue weighted by molar-refractivity contribution is -0.138. The van der Waals surface area contributed by atoms with E-state index >= 15 is 0 Å². The lowest BCUT2D eigenvalue weighted by Gasteiger charge is -2.34. The lowest BCUT2D eigenvalue weighted by Crippen LogP contribution is -2.46. The smallest absolute Gasteiger partial charge is 0.320 e. The topological polar surface area (TPSA) is 161 Å². The monoisotopic (exact) mass is 526 g/mol. The Hall–Kier alpha value is -3.84. The molecular weight excluding hydrogens is 491 g/mol. The van der Waals surface area contributed by atoms with Crippen LogP contribution in [0, 0.1) is 5.82 Å². The number of hydrogen-bond donors (Lipinski definition) is 5. The average Bonchev–Trinajstić information content (AvgIpc) is 3.43. The van der Waals surface area contributed by atoms with Crippen LogP contribution < -0.4 is 21.3 Å². The van der Waals surface area contributed by atoms with Gasteiger partial charge in [0.2, 0.25) is 17.8 Å². The molecule has 4 rings (SSSR count). The van der Waals surface area contributed by atoms with E-state index in [1.54, 1.807) is 12.4 Å². The van der Waals surface area contributed by atoms with E-state index in [4.69, 9.17) is 10.8 Å². The fraction of sp³-hybridized carbons (Fsp3) is 0.480. The molecule has 1 saturated heterocycles. The molecule has 1 aromatic carbocycles. The van der Waals surface area contributed by atoms with Crippen molar-refractivity contribution in [2.75, 3.05) is 54.8 Å². The number of halogens is 1. The van der Waals surface area contributed by atoms with Crippen molar-refractivity contribution in [3.05, 3.63) is 53.9 Å². The fourth-order valence-electron chi connectivity index (χ4n) is 4.16. The van der Waals surface area contributed by atoms with Crippen LogP contribution in [0.3, 0.4) is 0 Å². The number of rotatable bonds is 14. The molecule has 1 aliphatic rings. The van der Waals surface area contributed by atoms with Gasteiger partial charge in [0.05, 0.1) is 0 Å². The molecule has 3 heterocycles. The third-order valence-corrected chi connectivity index (χ3v) is 6.34. The zero-order valence-electron chi connectivity index (χ0n) is 21.3. The van der Waals surface area contributed by atoms with E-state index in [0.29, 0.717) is 50.2 Å². The molecule has 2 aromatic heterocycles. The third-order valence-electron chi connectivity index (χ3n) is 6.34. The minimum Gasteiger partial charge on any atom is -0.480 e. The van der Waals surface area contributed by atoms with Crippen LogP contribution >= 0.6 is 0 Å². The van der Waals surface area contributed by atoms with E-state index in [9.17, 15) is 9.18 Å². The molecule has 1 fully saturated rings. The molecular formula is C25H35FN10O2. The third kappa shape index (κ3) is 8.35. The highest BCUT2D eigenvalue weighted by molar-refractivity contribution is 5.72. The van der Waals surface area contributed by atoms with Gasteiger partial charge in [-0.2, -0.15) is 15.0 Å². The highest BCUT2D eigenvalue weighted by atomic mass is 19.1. The zero-order chi connectivity index (χ0) is 26.7. The highest BCUT2D eigenvalue weighted by Crippen LogP contribution is 2.17. The minimum atomic E-state index is -0.983. The zero-order valence-corrected chi connectivity index (χ0v) is 21.3. The molecule has 0 bridgehead atoms. The van der Waals surface area contributed by atoms with Gasteiger partial charge in [-0.15, -0.1) is 0 Å². The Morgan fingerprint density at radius 3 is 2.42 bits per heavy atom. The van der Waals surface area contributed by atoms with Gasteiger partial charge in [-0.1, -0.05) is 12.1 Å². The Kier molecular flexibility index (Phi) is 9.76. The van der Waals surface area contributed by atoms with E-state index < -0.39 is 12.0 Å². The molecule has 0 amide bonds. The maximum Gasteiger partial charge on any atom is 0.320 e. The predicted molar refractivity (Wildman–Crippen MR) is 142 cm³/mol. The Morgan fingerprint density at radius 1 is 1.05 bits per heavy atom. The van der Waals surface area contributed by atoms with E-state index in [1.165, 1.54) is 12.1 Å². The Bertz CT molecular complexity index is 1140. The number of aromatic amines is 1. The van der Waals surface area contributed by atoms with Gasteiger partial charge in [-0.25, -0.2) is 9.37 Å². The van der Waals surface area contributed by atoms with Gasteiger partial charge in [0.25, 0.3) is 0 Å². The molecule has 12 nitrogen and oxygen atoms in total. The van der Waals surface area contributed by atoms with E-state index in [0.717, 1.165) is 50.5 Å². The Balaban J connectivity index is 1.34. The molecule has 0 radical (unpaired) electrons. The highest BCUT2D eigenvalue weighted by Gasteiger charge is 2.21. The number of nitrogens with two attached hydrogens (primary N) is 1. The summed E-state index contributed by atoms with van der Waals surface area (Å²) in [6, 6.07) is 5.78. The fourth-order valence-corrected chi connectivity index (χ4v) is 4.16. The number of benzene rings is 1. The number of nitrogens with zero attached hydrogens (tertiary/aromatic N) is 6. The second-order valence-corrected chi connectivity index (χ2v) is 9.25. The van der Waals surface area contributed by atoms with Crippen molar-refractivity contribution in [2.45, 2.75) is 38.3 Å². The molecule has 3 aromatic rings. The van der Waals surface area contributed by atoms with Crippen LogP contribution in [-0.4, -0.2) is 86.2 Å². The number of piperazine rings is 1. The maximum atomic E-state index is 13.2. The van der Waals surface area contributed by atoms with Crippen LogP contribution in [0.15, 0.2) is 36.7 Å². The van der Waals surface area contributed by atoms with Crippen molar-refractivity contribution in [2.24, 2.45) is 5.73 Å². The predicted octanol–water partition coefficient (Wildman–Crippen LogP) is 1.70. The number of nitrogens with one attached hydrogen (secondary N) is 3. The number of imidazole rings is 1. The van der Waals surface area contributed by atoms with Crippen LogP contribution in [0.5, 0.6) is 0 Å². The molecule has 0 aliphatic carbocycles. The summed E-state index contributed by atoms with van der Waals surface area (Å²) in [5.41, 5.74) is 6.66. The van der Waals surface area contributed by atoms with Gasteiger partial charge >= 0.3 is 5.97 Å². The Labute approximate surface area is 220 Å². The van der Waals surface area contributed by atoms with Crippen LogP contribution in [0.4, 0.5) is 22.2 Å². The normalized spacial score (nSPS) is 14.8. The number of aromatic nitrogens is 5. The van der Waals surface area contributed by atoms with E-state index in [1.807, 2.05) is 12.1 Å². The molecule has 204 valence electrons. The van der Waals surface area contributed by atoms with Gasteiger partial charge in [0.1, 0.15) is 17.7 Å². The van der Waals surface area contributed by atoms with Gasteiger partial charge in [0.15, 0.2) is 0 Å². The van der Waals surface area contributed by atoms with Crippen LogP contribution in [0.25, 0.3) is 0 Å².